The second kappa shape index (κ2) is 10.1. The third kappa shape index (κ3) is 11.1. The van der Waals surface area contributed by atoms with E-state index in [1.807, 2.05) is 0 Å². The second-order valence-electron chi connectivity index (χ2n) is 3.91. The molecule has 0 aliphatic carbocycles. The molecule has 0 amide bonds. The van der Waals surface area contributed by atoms with E-state index in [0.29, 0.717) is 0 Å². The Morgan fingerprint density at radius 2 is 1.67 bits per heavy atom. The van der Waals surface area contributed by atoms with Crippen LogP contribution >= 0.6 is 11.6 Å². The molecule has 0 spiro atoms. The smallest absolute Gasteiger partial charge is 1.00 e. The number of hydrogen-bond donors (Lipinski definition) is 0. The van der Waals surface area contributed by atoms with Crippen molar-refractivity contribution in [2.45, 2.75) is 46.5 Å². The largest absolute Gasteiger partial charge is 2.00 e. The Kier molecular flexibility index (Phi) is 13.1. The molecule has 0 N–H and O–H groups in total. The van der Waals surface area contributed by atoms with Gasteiger partial charge in [-0.05, 0) is 18.3 Å². The molecular formula is C10H23ClMg. The number of rotatable bonds is 6. The van der Waals surface area contributed by atoms with Gasteiger partial charge in [0.25, 0.3) is 0 Å². The quantitative estimate of drug-likeness (QED) is 0.453. The van der Waals surface area contributed by atoms with Crippen LogP contribution in [0.2, 0.25) is 0 Å². The summed E-state index contributed by atoms with van der Waals surface area (Å²) in [5.41, 5.74) is 0. The van der Waals surface area contributed by atoms with Crippen molar-refractivity contribution in [2.75, 3.05) is 5.88 Å². The van der Waals surface area contributed by atoms with E-state index < -0.39 is 0 Å². The minimum atomic E-state index is 0. The van der Waals surface area contributed by atoms with Gasteiger partial charge in [0.1, 0.15) is 0 Å². The Hall–Kier alpha value is 1.06. The van der Waals surface area contributed by atoms with Crippen LogP contribution in [-0.2, 0) is 0 Å². The summed E-state index contributed by atoms with van der Waals surface area (Å²) in [4.78, 5) is 0. The first-order chi connectivity index (χ1) is 5.16. The zero-order chi connectivity index (χ0) is 8.69. The molecule has 0 saturated carbocycles. The molecule has 0 aromatic heterocycles. The third-order valence-corrected chi connectivity index (χ3v) is 2.30. The summed E-state index contributed by atoms with van der Waals surface area (Å²) < 4.78 is 0. The van der Waals surface area contributed by atoms with Gasteiger partial charge in [-0.1, -0.05) is 40.0 Å². The van der Waals surface area contributed by atoms with Crippen molar-refractivity contribution in [2.24, 2.45) is 11.8 Å². The van der Waals surface area contributed by atoms with Crippen LogP contribution in [0.5, 0.6) is 0 Å². The maximum absolute atomic E-state index is 5.64. The average Bonchev–Trinajstić information content (AvgIpc) is 1.87. The molecule has 0 aromatic rings. The molecule has 72 valence electrons. The molecular weight excluding hydrogens is 180 g/mol. The molecule has 0 fully saturated rings. The molecule has 0 aromatic carbocycles. The van der Waals surface area contributed by atoms with E-state index in [4.69, 9.17) is 11.6 Å². The van der Waals surface area contributed by atoms with Gasteiger partial charge in [-0.3, -0.25) is 0 Å². The fourth-order valence-electron chi connectivity index (χ4n) is 1.21. The molecule has 12 heavy (non-hydrogen) atoms. The van der Waals surface area contributed by atoms with Crippen LogP contribution in [0.25, 0.3) is 0 Å². The van der Waals surface area contributed by atoms with E-state index in [9.17, 15) is 0 Å². The molecule has 1 atom stereocenters. The van der Waals surface area contributed by atoms with Gasteiger partial charge in [-0.15, -0.1) is 11.6 Å². The molecule has 0 nitrogen and oxygen atoms in total. The zero-order valence-electron chi connectivity index (χ0n) is 10.8. The van der Waals surface area contributed by atoms with Crippen LogP contribution in [0.15, 0.2) is 0 Å². The zero-order valence-corrected chi connectivity index (χ0v) is 10.9. The van der Waals surface area contributed by atoms with Crippen LogP contribution < -0.4 is 0 Å². The molecule has 0 aliphatic heterocycles. The van der Waals surface area contributed by atoms with Gasteiger partial charge in [0.05, 0.1) is 0 Å². The van der Waals surface area contributed by atoms with Gasteiger partial charge in [-0.25, -0.2) is 0 Å². The van der Waals surface area contributed by atoms with Crippen LogP contribution in [0.1, 0.15) is 49.3 Å². The SMILES string of the molecule is CC(C)CCCC(C)CCCl.[H-].[H-].[Mg+2]. The molecule has 2 heteroatoms. The Morgan fingerprint density at radius 1 is 1.08 bits per heavy atom. The molecule has 0 heterocycles. The molecule has 0 radical (unpaired) electrons. The van der Waals surface area contributed by atoms with Gasteiger partial charge in [0.2, 0.25) is 0 Å². The van der Waals surface area contributed by atoms with E-state index in [1.54, 1.807) is 0 Å². The van der Waals surface area contributed by atoms with E-state index in [1.165, 1.54) is 25.7 Å². The van der Waals surface area contributed by atoms with Gasteiger partial charge < -0.3 is 2.85 Å². The fourth-order valence-corrected chi connectivity index (χ4v) is 1.58. The molecule has 0 saturated heterocycles. The maximum atomic E-state index is 5.64. The first-order valence-electron chi connectivity index (χ1n) is 4.72. The van der Waals surface area contributed by atoms with Crippen molar-refractivity contribution in [1.29, 1.82) is 0 Å². The summed E-state index contributed by atoms with van der Waals surface area (Å²) in [7, 11) is 0. The molecule has 0 bridgehead atoms. The topological polar surface area (TPSA) is 0 Å². The second-order valence-corrected chi connectivity index (χ2v) is 4.29. The minimum Gasteiger partial charge on any atom is -1.00 e. The van der Waals surface area contributed by atoms with Crippen LogP contribution in [0.4, 0.5) is 0 Å². The Bertz CT molecular complexity index is 92.2. The van der Waals surface area contributed by atoms with Gasteiger partial charge in [0.15, 0.2) is 0 Å². The Balaban J connectivity index is -0.000000167. The van der Waals surface area contributed by atoms with E-state index in [2.05, 4.69) is 20.8 Å². The van der Waals surface area contributed by atoms with Crippen LogP contribution in [0.3, 0.4) is 0 Å². The van der Waals surface area contributed by atoms with Crippen molar-refractivity contribution in [3.8, 4) is 0 Å². The van der Waals surface area contributed by atoms with E-state index in [-0.39, 0.29) is 25.9 Å². The first kappa shape index (κ1) is 15.5. The number of alkyl halides is 1. The van der Waals surface area contributed by atoms with Gasteiger partial charge in [-0.2, -0.15) is 0 Å². The van der Waals surface area contributed by atoms with Crippen LogP contribution in [-0.4, -0.2) is 28.9 Å². The Morgan fingerprint density at radius 3 is 2.08 bits per heavy atom. The standard InChI is InChI=1S/C10H21Cl.Mg.2H/c1-9(2)5-4-6-10(3)7-8-11;;;/h9-10H,4-8H2,1-3H3;;;/q;+2;2*-1. The number of hydrogen-bond acceptors (Lipinski definition) is 0. The van der Waals surface area contributed by atoms with Crippen molar-refractivity contribution >= 4 is 34.7 Å². The molecule has 0 aliphatic rings. The summed E-state index contributed by atoms with van der Waals surface area (Å²) in [6.45, 7) is 6.86. The van der Waals surface area contributed by atoms with Crippen molar-refractivity contribution < 1.29 is 2.85 Å². The summed E-state index contributed by atoms with van der Waals surface area (Å²) in [6, 6.07) is 0. The fraction of sp³-hybridized carbons (Fsp3) is 1.00. The third-order valence-electron chi connectivity index (χ3n) is 2.08. The van der Waals surface area contributed by atoms with Crippen molar-refractivity contribution in [3.05, 3.63) is 0 Å². The Labute approximate surface area is 102 Å². The summed E-state index contributed by atoms with van der Waals surface area (Å²) >= 11 is 5.64. The predicted molar refractivity (Wildman–Crippen MR) is 61.2 cm³/mol. The van der Waals surface area contributed by atoms with E-state index in [0.717, 1.165) is 17.7 Å². The minimum absolute atomic E-state index is 0. The average molecular weight is 203 g/mol. The van der Waals surface area contributed by atoms with Crippen molar-refractivity contribution in [3.63, 3.8) is 0 Å². The monoisotopic (exact) mass is 202 g/mol. The van der Waals surface area contributed by atoms with Crippen molar-refractivity contribution in [1.82, 2.24) is 0 Å². The predicted octanol–water partition coefficient (Wildman–Crippen LogP) is 3.92. The summed E-state index contributed by atoms with van der Waals surface area (Å²) in [6.07, 6.45) is 5.27. The van der Waals surface area contributed by atoms with Gasteiger partial charge in [0, 0.05) is 5.88 Å². The van der Waals surface area contributed by atoms with Crippen LogP contribution in [0, 0.1) is 11.8 Å². The summed E-state index contributed by atoms with van der Waals surface area (Å²) in [5, 5.41) is 0. The number of halogens is 1. The van der Waals surface area contributed by atoms with Gasteiger partial charge >= 0.3 is 23.1 Å². The molecule has 1 unspecified atom stereocenters. The first-order valence-corrected chi connectivity index (χ1v) is 5.26. The summed E-state index contributed by atoms with van der Waals surface area (Å²) in [5.74, 6) is 2.51. The molecule has 0 rings (SSSR count). The maximum Gasteiger partial charge on any atom is 2.00 e. The normalized spacial score (nSPS) is 12.8. The van der Waals surface area contributed by atoms with E-state index >= 15 is 0 Å².